The summed E-state index contributed by atoms with van der Waals surface area (Å²) in [7, 11) is 0. The van der Waals surface area contributed by atoms with E-state index in [2.05, 4.69) is 47.2 Å². The van der Waals surface area contributed by atoms with Crippen molar-refractivity contribution in [3.8, 4) is 0 Å². The SMILES string of the molecule is c1csc(Cc2csc3ccccc23)c1. The molecular formula is C13H10S2. The van der Waals surface area contributed by atoms with E-state index in [0.717, 1.165) is 6.42 Å². The summed E-state index contributed by atoms with van der Waals surface area (Å²) in [5.41, 5.74) is 1.46. The fraction of sp³-hybridized carbons (Fsp3) is 0.0769. The number of thiophene rings is 2. The molecule has 2 heteroatoms. The molecule has 0 aliphatic heterocycles. The molecule has 0 fully saturated rings. The van der Waals surface area contributed by atoms with Gasteiger partial charge < -0.3 is 0 Å². The molecule has 1 aromatic carbocycles. The van der Waals surface area contributed by atoms with Gasteiger partial charge in [0, 0.05) is 16.0 Å². The molecule has 0 amide bonds. The third-order valence-corrected chi connectivity index (χ3v) is 4.39. The van der Waals surface area contributed by atoms with Crippen LogP contribution in [0.15, 0.2) is 47.2 Å². The normalized spacial score (nSPS) is 10.9. The number of fused-ring (bicyclic) bond motifs is 1. The average Bonchev–Trinajstić information content (AvgIpc) is 2.89. The zero-order valence-corrected chi connectivity index (χ0v) is 9.78. The average molecular weight is 230 g/mol. The van der Waals surface area contributed by atoms with Gasteiger partial charge in [0.2, 0.25) is 0 Å². The van der Waals surface area contributed by atoms with Crippen LogP contribution in [0.5, 0.6) is 0 Å². The topological polar surface area (TPSA) is 0 Å². The van der Waals surface area contributed by atoms with E-state index in [4.69, 9.17) is 0 Å². The molecule has 0 radical (unpaired) electrons. The van der Waals surface area contributed by atoms with Crippen LogP contribution in [0.2, 0.25) is 0 Å². The highest BCUT2D eigenvalue weighted by Gasteiger charge is 2.04. The lowest BCUT2D eigenvalue weighted by Gasteiger charge is -1.96. The summed E-state index contributed by atoms with van der Waals surface area (Å²) in [6.45, 7) is 0. The van der Waals surface area contributed by atoms with Crippen molar-refractivity contribution in [3.63, 3.8) is 0 Å². The number of hydrogen-bond donors (Lipinski definition) is 0. The number of rotatable bonds is 2. The Hall–Kier alpha value is -1.12. The van der Waals surface area contributed by atoms with Crippen LogP contribution in [-0.2, 0) is 6.42 Å². The van der Waals surface area contributed by atoms with E-state index >= 15 is 0 Å². The second-order valence-corrected chi connectivity index (χ2v) is 5.46. The Morgan fingerprint density at radius 3 is 2.73 bits per heavy atom. The van der Waals surface area contributed by atoms with Crippen molar-refractivity contribution in [1.29, 1.82) is 0 Å². The van der Waals surface area contributed by atoms with E-state index in [1.165, 1.54) is 20.5 Å². The zero-order valence-electron chi connectivity index (χ0n) is 8.14. The minimum absolute atomic E-state index is 1.07. The molecule has 3 aromatic rings. The van der Waals surface area contributed by atoms with Crippen LogP contribution >= 0.6 is 22.7 Å². The first kappa shape index (κ1) is 9.13. The summed E-state index contributed by atoms with van der Waals surface area (Å²) in [5, 5.41) is 5.84. The Morgan fingerprint density at radius 1 is 0.933 bits per heavy atom. The van der Waals surface area contributed by atoms with Crippen molar-refractivity contribution in [1.82, 2.24) is 0 Å². The van der Waals surface area contributed by atoms with Gasteiger partial charge in [0.15, 0.2) is 0 Å². The maximum atomic E-state index is 2.28. The molecule has 15 heavy (non-hydrogen) atoms. The third kappa shape index (κ3) is 1.71. The standard InChI is InChI=1S/C13H10S2/c1-2-6-13-12(5-1)10(9-15-13)8-11-4-3-7-14-11/h1-7,9H,8H2. The molecular weight excluding hydrogens is 220 g/mol. The van der Waals surface area contributed by atoms with E-state index in [1.54, 1.807) is 0 Å². The molecule has 3 rings (SSSR count). The molecule has 0 saturated heterocycles. The molecule has 0 saturated carbocycles. The minimum Gasteiger partial charge on any atom is -0.149 e. The van der Waals surface area contributed by atoms with E-state index < -0.39 is 0 Å². The fourth-order valence-corrected chi connectivity index (χ4v) is 3.46. The monoisotopic (exact) mass is 230 g/mol. The lowest BCUT2D eigenvalue weighted by molar-refractivity contribution is 1.29. The summed E-state index contributed by atoms with van der Waals surface area (Å²) >= 11 is 3.67. The Labute approximate surface area is 96.8 Å². The zero-order chi connectivity index (χ0) is 10.1. The highest BCUT2D eigenvalue weighted by atomic mass is 32.1. The molecule has 0 aliphatic rings. The second-order valence-electron chi connectivity index (χ2n) is 3.51. The maximum absolute atomic E-state index is 2.28. The predicted octanol–water partition coefficient (Wildman–Crippen LogP) is 4.55. The van der Waals surface area contributed by atoms with Crippen molar-refractivity contribution in [2.75, 3.05) is 0 Å². The van der Waals surface area contributed by atoms with Gasteiger partial charge in [-0.25, -0.2) is 0 Å². The second kappa shape index (κ2) is 3.80. The van der Waals surface area contributed by atoms with Gasteiger partial charge in [0.05, 0.1) is 0 Å². The molecule has 0 N–H and O–H groups in total. The smallest absolute Gasteiger partial charge is 0.0345 e. The van der Waals surface area contributed by atoms with Gasteiger partial charge in [-0.1, -0.05) is 24.3 Å². The van der Waals surface area contributed by atoms with Gasteiger partial charge in [0.1, 0.15) is 0 Å². The Bertz CT molecular complexity index is 561. The Kier molecular flexibility index (Phi) is 2.31. The van der Waals surface area contributed by atoms with E-state index in [0.29, 0.717) is 0 Å². The molecule has 0 spiro atoms. The highest BCUT2D eigenvalue weighted by Crippen LogP contribution is 2.28. The summed E-state index contributed by atoms with van der Waals surface area (Å²) in [4.78, 5) is 1.44. The summed E-state index contributed by atoms with van der Waals surface area (Å²) in [6.07, 6.45) is 1.07. The van der Waals surface area contributed by atoms with Crippen LogP contribution in [0, 0.1) is 0 Å². The van der Waals surface area contributed by atoms with Gasteiger partial charge in [-0.15, -0.1) is 22.7 Å². The number of benzene rings is 1. The molecule has 0 unspecified atom stereocenters. The lowest BCUT2D eigenvalue weighted by atomic mass is 10.1. The van der Waals surface area contributed by atoms with Crippen molar-refractivity contribution >= 4 is 32.8 Å². The molecule has 0 bridgehead atoms. The van der Waals surface area contributed by atoms with Gasteiger partial charge in [-0.2, -0.15) is 0 Å². The summed E-state index contributed by atoms with van der Waals surface area (Å²) in [5.74, 6) is 0. The van der Waals surface area contributed by atoms with E-state index in [-0.39, 0.29) is 0 Å². The third-order valence-electron chi connectivity index (χ3n) is 2.51. The van der Waals surface area contributed by atoms with Crippen molar-refractivity contribution in [3.05, 3.63) is 57.6 Å². The van der Waals surface area contributed by atoms with E-state index in [9.17, 15) is 0 Å². The van der Waals surface area contributed by atoms with Crippen LogP contribution in [-0.4, -0.2) is 0 Å². The van der Waals surface area contributed by atoms with Gasteiger partial charge in [-0.3, -0.25) is 0 Å². The summed E-state index contributed by atoms with van der Waals surface area (Å²) in [6, 6.07) is 13.0. The van der Waals surface area contributed by atoms with Crippen LogP contribution in [0.25, 0.3) is 10.1 Å². The van der Waals surface area contributed by atoms with Crippen LogP contribution < -0.4 is 0 Å². The van der Waals surface area contributed by atoms with Crippen LogP contribution in [0.4, 0.5) is 0 Å². The fourth-order valence-electron chi connectivity index (χ4n) is 1.77. The number of hydrogen-bond acceptors (Lipinski definition) is 2. The van der Waals surface area contributed by atoms with Crippen LogP contribution in [0.1, 0.15) is 10.4 Å². The molecule has 0 atom stereocenters. The molecule has 0 nitrogen and oxygen atoms in total. The van der Waals surface area contributed by atoms with Gasteiger partial charge in [-0.05, 0) is 33.8 Å². The summed E-state index contributed by atoms with van der Waals surface area (Å²) < 4.78 is 1.39. The van der Waals surface area contributed by atoms with Crippen molar-refractivity contribution in [2.24, 2.45) is 0 Å². The quantitative estimate of drug-likeness (QED) is 0.605. The van der Waals surface area contributed by atoms with E-state index in [1.807, 2.05) is 22.7 Å². The Morgan fingerprint density at radius 2 is 1.87 bits per heavy atom. The van der Waals surface area contributed by atoms with Crippen LogP contribution in [0.3, 0.4) is 0 Å². The molecule has 2 aromatic heterocycles. The molecule has 2 heterocycles. The first-order chi connectivity index (χ1) is 7.43. The highest BCUT2D eigenvalue weighted by molar-refractivity contribution is 7.17. The van der Waals surface area contributed by atoms with Gasteiger partial charge >= 0.3 is 0 Å². The Balaban J connectivity index is 2.05. The first-order valence-electron chi connectivity index (χ1n) is 4.91. The largest absolute Gasteiger partial charge is 0.149 e. The molecule has 74 valence electrons. The predicted molar refractivity (Wildman–Crippen MR) is 69.0 cm³/mol. The maximum Gasteiger partial charge on any atom is 0.0345 e. The lowest BCUT2D eigenvalue weighted by Crippen LogP contribution is -1.80. The molecule has 0 aliphatic carbocycles. The van der Waals surface area contributed by atoms with Crippen molar-refractivity contribution < 1.29 is 0 Å². The van der Waals surface area contributed by atoms with Crippen molar-refractivity contribution in [2.45, 2.75) is 6.42 Å². The van der Waals surface area contributed by atoms with Gasteiger partial charge in [0.25, 0.3) is 0 Å². The first-order valence-corrected chi connectivity index (χ1v) is 6.67. The minimum atomic E-state index is 1.07.